The first kappa shape index (κ1) is 16.8. The molecule has 0 unspecified atom stereocenters. The van der Waals surface area contributed by atoms with Gasteiger partial charge in [0.2, 0.25) is 0 Å². The molecule has 0 spiro atoms. The molecular formula is C15H24O5. The molecule has 0 bridgehead atoms. The zero-order valence-corrected chi connectivity index (χ0v) is 12.4. The SMILES string of the molecule is COCCCOCCOc1cc(OC)ccc1[C@H](C)O. The predicted molar refractivity (Wildman–Crippen MR) is 76.4 cm³/mol. The zero-order chi connectivity index (χ0) is 14.8. The number of hydrogen-bond donors (Lipinski definition) is 1. The van der Waals surface area contributed by atoms with E-state index in [0.29, 0.717) is 37.9 Å². The van der Waals surface area contributed by atoms with E-state index in [9.17, 15) is 5.11 Å². The lowest BCUT2D eigenvalue weighted by Gasteiger charge is -2.14. The molecular weight excluding hydrogens is 260 g/mol. The summed E-state index contributed by atoms with van der Waals surface area (Å²) in [4.78, 5) is 0. The van der Waals surface area contributed by atoms with Gasteiger partial charge in [-0.1, -0.05) is 0 Å². The normalized spacial score (nSPS) is 12.2. The van der Waals surface area contributed by atoms with E-state index in [-0.39, 0.29) is 0 Å². The molecule has 0 aliphatic heterocycles. The van der Waals surface area contributed by atoms with E-state index in [2.05, 4.69) is 0 Å². The van der Waals surface area contributed by atoms with Gasteiger partial charge in [-0.25, -0.2) is 0 Å². The number of aliphatic hydroxyl groups is 1. The van der Waals surface area contributed by atoms with Crippen molar-refractivity contribution >= 4 is 0 Å². The largest absolute Gasteiger partial charge is 0.497 e. The number of hydrogen-bond acceptors (Lipinski definition) is 5. The fourth-order valence-electron chi connectivity index (χ4n) is 1.73. The number of rotatable bonds is 10. The smallest absolute Gasteiger partial charge is 0.128 e. The standard InChI is InChI=1S/C15H24O5/c1-12(16)14-6-5-13(18-3)11-15(14)20-10-9-19-8-4-7-17-2/h5-6,11-12,16H,4,7-10H2,1-3H3/t12-/m0/s1. The van der Waals surface area contributed by atoms with Gasteiger partial charge in [-0.2, -0.15) is 0 Å². The summed E-state index contributed by atoms with van der Waals surface area (Å²) in [6.07, 6.45) is 0.285. The Kier molecular flexibility index (Phi) is 8.02. The molecule has 0 fully saturated rings. The first-order valence-corrected chi connectivity index (χ1v) is 6.74. The second-order valence-electron chi connectivity index (χ2n) is 4.39. The van der Waals surface area contributed by atoms with Crippen LogP contribution in [0.5, 0.6) is 11.5 Å². The molecule has 1 aromatic rings. The molecule has 1 rings (SSSR count). The van der Waals surface area contributed by atoms with E-state index >= 15 is 0 Å². The summed E-state index contributed by atoms with van der Waals surface area (Å²) in [5.41, 5.74) is 0.741. The summed E-state index contributed by atoms with van der Waals surface area (Å²) in [5.74, 6) is 1.32. The van der Waals surface area contributed by atoms with Gasteiger partial charge < -0.3 is 24.1 Å². The summed E-state index contributed by atoms with van der Waals surface area (Å²) in [5, 5.41) is 9.70. The van der Waals surface area contributed by atoms with Gasteiger partial charge in [-0.05, 0) is 25.5 Å². The molecule has 0 saturated heterocycles. The minimum atomic E-state index is -0.585. The fourth-order valence-corrected chi connectivity index (χ4v) is 1.73. The number of ether oxygens (including phenoxy) is 4. The maximum atomic E-state index is 9.70. The van der Waals surface area contributed by atoms with Crippen molar-refractivity contribution in [3.63, 3.8) is 0 Å². The van der Waals surface area contributed by atoms with Gasteiger partial charge in [0.25, 0.3) is 0 Å². The highest BCUT2D eigenvalue weighted by molar-refractivity contribution is 5.41. The highest BCUT2D eigenvalue weighted by Gasteiger charge is 2.10. The van der Waals surface area contributed by atoms with Crippen molar-refractivity contribution in [2.45, 2.75) is 19.4 Å². The summed E-state index contributed by atoms with van der Waals surface area (Å²) in [7, 11) is 3.27. The van der Waals surface area contributed by atoms with Crippen molar-refractivity contribution in [3.8, 4) is 11.5 Å². The van der Waals surface area contributed by atoms with E-state index in [1.54, 1.807) is 39.3 Å². The molecule has 0 aliphatic rings. The Labute approximate surface area is 120 Å². The van der Waals surface area contributed by atoms with Crippen molar-refractivity contribution in [1.29, 1.82) is 0 Å². The third-order valence-corrected chi connectivity index (χ3v) is 2.79. The maximum Gasteiger partial charge on any atom is 0.128 e. The van der Waals surface area contributed by atoms with Crippen LogP contribution in [0.25, 0.3) is 0 Å². The van der Waals surface area contributed by atoms with Crippen LogP contribution in [-0.4, -0.2) is 45.8 Å². The van der Waals surface area contributed by atoms with Gasteiger partial charge in [0.05, 0.1) is 19.8 Å². The summed E-state index contributed by atoms with van der Waals surface area (Å²) < 4.78 is 21.2. The molecule has 1 atom stereocenters. The van der Waals surface area contributed by atoms with Gasteiger partial charge >= 0.3 is 0 Å². The summed E-state index contributed by atoms with van der Waals surface area (Å²) in [6.45, 7) is 3.98. The van der Waals surface area contributed by atoms with Crippen molar-refractivity contribution < 1.29 is 24.1 Å². The molecule has 20 heavy (non-hydrogen) atoms. The van der Waals surface area contributed by atoms with Crippen molar-refractivity contribution in [2.24, 2.45) is 0 Å². The molecule has 1 aromatic carbocycles. The number of aliphatic hydroxyl groups excluding tert-OH is 1. The van der Waals surface area contributed by atoms with Crippen LogP contribution in [-0.2, 0) is 9.47 Å². The van der Waals surface area contributed by atoms with Crippen LogP contribution >= 0.6 is 0 Å². The second-order valence-corrected chi connectivity index (χ2v) is 4.39. The third-order valence-electron chi connectivity index (χ3n) is 2.79. The minimum Gasteiger partial charge on any atom is -0.497 e. The monoisotopic (exact) mass is 284 g/mol. The minimum absolute atomic E-state index is 0.430. The molecule has 0 aromatic heterocycles. The Bertz CT molecular complexity index is 379. The van der Waals surface area contributed by atoms with E-state index in [1.807, 2.05) is 0 Å². The first-order chi connectivity index (χ1) is 9.69. The molecule has 1 N–H and O–H groups in total. The molecule has 5 heteroatoms. The van der Waals surface area contributed by atoms with Crippen LogP contribution in [0.3, 0.4) is 0 Å². The van der Waals surface area contributed by atoms with Crippen molar-refractivity contribution in [1.82, 2.24) is 0 Å². The fraction of sp³-hybridized carbons (Fsp3) is 0.600. The zero-order valence-electron chi connectivity index (χ0n) is 12.4. The molecule has 114 valence electrons. The summed E-state index contributed by atoms with van der Waals surface area (Å²) >= 11 is 0. The third kappa shape index (κ3) is 5.77. The number of methoxy groups -OCH3 is 2. The van der Waals surface area contributed by atoms with Crippen molar-refractivity contribution in [2.75, 3.05) is 40.6 Å². The van der Waals surface area contributed by atoms with E-state index in [4.69, 9.17) is 18.9 Å². The topological polar surface area (TPSA) is 57.2 Å². The van der Waals surface area contributed by atoms with Gasteiger partial charge in [0, 0.05) is 32.0 Å². The van der Waals surface area contributed by atoms with Gasteiger partial charge in [0.15, 0.2) is 0 Å². The molecule has 0 amide bonds. The van der Waals surface area contributed by atoms with Crippen LogP contribution < -0.4 is 9.47 Å². The van der Waals surface area contributed by atoms with Crippen LogP contribution in [0.15, 0.2) is 18.2 Å². The lowest BCUT2D eigenvalue weighted by atomic mass is 10.1. The Hall–Kier alpha value is -1.30. The average molecular weight is 284 g/mol. The second kappa shape index (κ2) is 9.58. The summed E-state index contributed by atoms with van der Waals surface area (Å²) in [6, 6.07) is 5.38. The maximum absolute atomic E-state index is 9.70. The Morgan fingerprint density at radius 1 is 1.10 bits per heavy atom. The highest BCUT2D eigenvalue weighted by Crippen LogP contribution is 2.29. The van der Waals surface area contributed by atoms with Crippen LogP contribution in [0.4, 0.5) is 0 Å². The van der Waals surface area contributed by atoms with E-state index in [1.165, 1.54) is 0 Å². The molecule has 0 saturated carbocycles. The highest BCUT2D eigenvalue weighted by atomic mass is 16.5. The lowest BCUT2D eigenvalue weighted by Crippen LogP contribution is -2.10. The van der Waals surface area contributed by atoms with Crippen LogP contribution in [0, 0.1) is 0 Å². The molecule has 0 heterocycles. The van der Waals surface area contributed by atoms with Crippen LogP contribution in [0.2, 0.25) is 0 Å². The van der Waals surface area contributed by atoms with E-state index < -0.39 is 6.10 Å². The lowest BCUT2D eigenvalue weighted by molar-refractivity contribution is 0.0794. The van der Waals surface area contributed by atoms with Gasteiger partial charge in [-0.15, -0.1) is 0 Å². The quantitative estimate of drug-likeness (QED) is 0.667. The first-order valence-electron chi connectivity index (χ1n) is 6.74. The predicted octanol–water partition coefficient (Wildman–Crippen LogP) is 2.18. The molecule has 0 aliphatic carbocycles. The van der Waals surface area contributed by atoms with Gasteiger partial charge in [0.1, 0.15) is 18.1 Å². The van der Waals surface area contributed by atoms with Gasteiger partial charge in [-0.3, -0.25) is 0 Å². The van der Waals surface area contributed by atoms with Crippen LogP contribution in [0.1, 0.15) is 25.0 Å². The molecule has 5 nitrogen and oxygen atoms in total. The molecule has 0 radical (unpaired) electrons. The number of benzene rings is 1. The average Bonchev–Trinajstić information content (AvgIpc) is 2.45. The Morgan fingerprint density at radius 3 is 2.55 bits per heavy atom. The Balaban J connectivity index is 2.41. The Morgan fingerprint density at radius 2 is 1.90 bits per heavy atom. The van der Waals surface area contributed by atoms with E-state index in [0.717, 1.165) is 12.0 Å². The van der Waals surface area contributed by atoms with Crippen molar-refractivity contribution in [3.05, 3.63) is 23.8 Å².